The highest BCUT2D eigenvalue weighted by Gasteiger charge is 2.30. The Kier molecular flexibility index (Phi) is 4.56. The van der Waals surface area contributed by atoms with Gasteiger partial charge in [-0.3, -0.25) is 4.79 Å². The summed E-state index contributed by atoms with van der Waals surface area (Å²) in [5.41, 5.74) is 2.96. The van der Waals surface area contributed by atoms with E-state index in [1.807, 2.05) is 36.9 Å². The van der Waals surface area contributed by atoms with Crippen LogP contribution in [0, 0.1) is 13.8 Å². The topological polar surface area (TPSA) is 74.7 Å². The molecule has 1 fully saturated rings. The summed E-state index contributed by atoms with van der Waals surface area (Å²) in [4.78, 5) is 13.1. The smallest absolute Gasteiger partial charge is 0.323 e. The molecule has 0 radical (unpaired) electrons. The van der Waals surface area contributed by atoms with Crippen LogP contribution in [0.2, 0.25) is 0 Å². The molecule has 6 heteroatoms. The number of nitrogens with zero attached hydrogens (tertiary/aromatic N) is 1. The van der Waals surface area contributed by atoms with Gasteiger partial charge in [0.15, 0.2) is 0 Å². The summed E-state index contributed by atoms with van der Waals surface area (Å²) in [7, 11) is -2.95. The molecule has 1 aromatic carbocycles. The average Bonchev–Trinajstić information content (AvgIpc) is 2.37. The summed E-state index contributed by atoms with van der Waals surface area (Å²) in [6, 6.07) is 5.82. The zero-order chi connectivity index (χ0) is 15.6. The van der Waals surface area contributed by atoms with Gasteiger partial charge >= 0.3 is 5.97 Å². The lowest BCUT2D eigenvalue weighted by Crippen LogP contribution is -2.44. The van der Waals surface area contributed by atoms with E-state index >= 15 is 0 Å². The Morgan fingerprint density at radius 1 is 1.24 bits per heavy atom. The molecule has 0 amide bonds. The van der Waals surface area contributed by atoms with Gasteiger partial charge in [-0.15, -0.1) is 0 Å². The molecule has 1 aliphatic rings. The number of benzene rings is 1. The minimum Gasteiger partial charge on any atom is -0.480 e. The van der Waals surface area contributed by atoms with Crippen LogP contribution in [0.4, 0.5) is 5.69 Å². The van der Waals surface area contributed by atoms with E-state index < -0.39 is 15.8 Å². The van der Waals surface area contributed by atoms with Crippen molar-refractivity contribution in [3.05, 3.63) is 29.3 Å². The van der Waals surface area contributed by atoms with Crippen molar-refractivity contribution in [1.29, 1.82) is 0 Å². The normalized spacial score (nSPS) is 18.4. The predicted molar refractivity (Wildman–Crippen MR) is 82.6 cm³/mol. The number of rotatable bonds is 4. The van der Waals surface area contributed by atoms with Crippen LogP contribution in [0.15, 0.2) is 18.2 Å². The summed E-state index contributed by atoms with van der Waals surface area (Å²) < 4.78 is 23.2. The van der Waals surface area contributed by atoms with Crippen LogP contribution >= 0.6 is 0 Å². The molecule has 0 atom stereocenters. The lowest BCUT2D eigenvalue weighted by molar-refractivity contribution is -0.135. The van der Waals surface area contributed by atoms with Crippen molar-refractivity contribution in [2.45, 2.75) is 32.7 Å². The molecule has 116 valence electrons. The van der Waals surface area contributed by atoms with E-state index in [-0.39, 0.29) is 24.1 Å². The zero-order valence-electron chi connectivity index (χ0n) is 12.4. The molecule has 0 saturated carbocycles. The van der Waals surface area contributed by atoms with Gasteiger partial charge in [0.1, 0.15) is 16.4 Å². The van der Waals surface area contributed by atoms with E-state index in [9.17, 15) is 18.3 Å². The number of anilines is 1. The first kappa shape index (κ1) is 15.8. The number of carbonyl (C=O) groups is 1. The minimum absolute atomic E-state index is 0.0376. The molecule has 0 spiro atoms. The first-order valence-corrected chi connectivity index (χ1v) is 8.87. The number of para-hydroxylation sites is 1. The van der Waals surface area contributed by atoms with Crippen LogP contribution in [0.1, 0.15) is 24.0 Å². The van der Waals surface area contributed by atoms with Crippen LogP contribution in [0.25, 0.3) is 0 Å². The maximum Gasteiger partial charge on any atom is 0.323 e. The molecule has 1 N–H and O–H groups in total. The number of carboxylic acid groups (broad SMARTS) is 1. The lowest BCUT2D eigenvalue weighted by atomic mass is 10.0. The monoisotopic (exact) mass is 311 g/mol. The van der Waals surface area contributed by atoms with Crippen molar-refractivity contribution in [1.82, 2.24) is 0 Å². The molecule has 1 heterocycles. The average molecular weight is 311 g/mol. The minimum atomic E-state index is -2.95. The third-order valence-electron chi connectivity index (χ3n) is 4.00. The molecule has 1 saturated heterocycles. The second-order valence-electron chi connectivity index (χ2n) is 5.65. The highest BCUT2D eigenvalue weighted by molar-refractivity contribution is 7.91. The van der Waals surface area contributed by atoms with Crippen molar-refractivity contribution in [3.63, 3.8) is 0 Å². The molecule has 0 aliphatic carbocycles. The van der Waals surface area contributed by atoms with Crippen molar-refractivity contribution in [2.24, 2.45) is 0 Å². The van der Waals surface area contributed by atoms with E-state index in [0.717, 1.165) is 16.8 Å². The fourth-order valence-electron chi connectivity index (χ4n) is 2.98. The summed E-state index contributed by atoms with van der Waals surface area (Å²) in [6.07, 6.45) is 0.979. The molecular formula is C15H21NO4S. The SMILES string of the molecule is Cc1cccc(C)c1N(CC(=O)O)C1CCS(=O)(=O)CC1. The van der Waals surface area contributed by atoms with Gasteiger partial charge in [0.25, 0.3) is 0 Å². The molecule has 1 aromatic rings. The summed E-state index contributed by atoms with van der Waals surface area (Å²) in [5, 5.41) is 9.20. The van der Waals surface area contributed by atoms with Gasteiger partial charge in [-0.2, -0.15) is 0 Å². The molecule has 1 aliphatic heterocycles. The molecular weight excluding hydrogens is 290 g/mol. The van der Waals surface area contributed by atoms with Crippen LogP contribution in [-0.4, -0.2) is 43.6 Å². The van der Waals surface area contributed by atoms with E-state index in [4.69, 9.17) is 0 Å². The summed E-state index contributed by atoms with van der Waals surface area (Å²) in [6.45, 7) is 3.81. The Labute approximate surface area is 125 Å². The lowest BCUT2D eigenvalue weighted by Gasteiger charge is -2.36. The Morgan fingerprint density at radius 2 is 1.76 bits per heavy atom. The van der Waals surface area contributed by atoms with E-state index in [1.54, 1.807) is 0 Å². The van der Waals surface area contributed by atoms with Gasteiger partial charge in [0, 0.05) is 11.7 Å². The fourth-order valence-corrected chi connectivity index (χ4v) is 4.45. The van der Waals surface area contributed by atoms with Gasteiger partial charge in [0.2, 0.25) is 0 Å². The van der Waals surface area contributed by atoms with Crippen molar-refractivity contribution >= 4 is 21.5 Å². The third-order valence-corrected chi connectivity index (χ3v) is 5.71. The van der Waals surface area contributed by atoms with Crippen molar-refractivity contribution < 1.29 is 18.3 Å². The molecule has 0 aromatic heterocycles. The summed E-state index contributed by atoms with van der Waals surface area (Å²) >= 11 is 0. The Hall–Kier alpha value is -1.56. The van der Waals surface area contributed by atoms with Gasteiger partial charge < -0.3 is 10.0 Å². The number of aryl methyl sites for hydroxylation is 2. The van der Waals surface area contributed by atoms with Crippen LogP contribution < -0.4 is 4.90 Å². The Morgan fingerprint density at radius 3 is 2.24 bits per heavy atom. The Bertz CT molecular complexity index is 605. The van der Waals surface area contributed by atoms with Crippen molar-refractivity contribution in [3.8, 4) is 0 Å². The molecule has 0 unspecified atom stereocenters. The zero-order valence-corrected chi connectivity index (χ0v) is 13.2. The Balaban J connectivity index is 2.33. The van der Waals surface area contributed by atoms with E-state index in [0.29, 0.717) is 12.8 Å². The predicted octanol–water partition coefficient (Wildman–Crippen LogP) is 1.77. The number of sulfone groups is 1. The maximum absolute atomic E-state index is 11.6. The first-order valence-electron chi connectivity index (χ1n) is 7.05. The second kappa shape index (κ2) is 6.05. The van der Waals surface area contributed by atoms with Crippen LogP contribution in [-0.2, 0) is 14.6 Å². The quantitative estimate of drug-likeness (QED) is 0.917. The van der Waals surface area contributed by atoms with Gasteiger partial charge in [-0.1, -0.05) is 18.2 Å². The molecule has 0 bridgehead atoms. The maximum atomic E-state index is 11.6. The largest absolute Gasteiger partial charge is 0.480 e. The molecule has 2 rings (SSSR count). The van der Waals surface area contributed by atoms with Crippen LogP contribution in [0.5, 0.6) is 0 Å². The number of aliphatic carboxylic acids is 1. The molecule has 5 nitrogen and oxygen atoms in total. The fraction of sp³-hybridized carbons (Fsp3) is 0.533. The van der Waals surface area contributed by atoms with E-state index in [2.05, 4.69) is 0 Å². The summed E-state index contributed by atoms with van der Waals surface area (Å²) in [5.74, 6) is -0.622. The first-order chi connectivity index (χ1) is 9.80. The number of hydrogen-bond acceptors (Lipinski definition) is 4. The second-order valence-corrected chi connectivity index (χ2v) is 7.95. The van der Waals surface area contributed by atoms with Gasteiger partial charge in [0.05, 0.1) is 11.5 Å². The molecule has 21 heavy (non-hydrogen) atoms. The highest BCUT2D eigenvalue weighted by Crippen LogP contribution is 2.30. The standard InChI is InChI=1S/C15H21NO4S/c1-11-4-3-5-12(2)15(11)16(10-14(17)18)13-6-8-21(19,20)9-7-13/h3-5,13H,6-10H2,1-2H3,(H,17,18). The van der Waals surface area contributed by atoms with Crippen LogP contribution in [0.3, 0.4) is 0 Å². The highest BCUT2D eigenvalue weighted by atomic mass is 32.2. The van der Waals surface area contributed by atoms with Crippen molar-refractivity contribution in [2.75, 3.05) is 23.0 Å². The third kappa shape index (κ3) is 3.75. The number of carboxylic acids is 1. The van der Waals surface area contributed by atoms with Gasteiger partial charge in [-0.25, -0.2) is 8.42 Å². The van der Waals surface area contributed by atoms with Gasteiger partial charge in [-0.05, 0) is 37.8 Å². The number of hydrogen-bond donors (Lipinski definition) is 1. The van der Waals surface area contributed by atoms with E-state index in [1.165, 1.54) is 0 Å².